The lowest BCUT2D eigenvalue weighted by Gasteiger charge is -2.45. The van der Waals surface area contributed by atoms with Gasteiger partial charge in [-0.05, 0) is 22.3 Å². The van der Waals surface area contributed by atoms with Crippen molar-refractivity contribution in [1.82, 2.24) is 5.32 Å². The highest BCUT2D eigenvalue weighted by molar-refractivity contribution is 5.17. The SMILES string of the molecule is O[C@H]1O[C@H](COCc2ccccc2)[C@@H](OCc2ccccc2)[C@H](OCc2ccccc2)[C@H]1NCc1ccccc1. The maximum Gasteiger partial charge on any atom is 0.173 e. The zero-order chi connectivity index (χ0) is 27.4. The summed E-state index contributed by atoms with van der Waals surface area (Å²) in [5, 5.41) is 14.7. The molecule has 1 aliphatic heterocycles. The molecule has 0 unspecified atom stereocenters. The fourth-order valence-electron chi connectivity index (χ4n) is 4.90. The molecule has 1 heterocycles. The molecule has 5 rings (SSSR count). The van der Waals surface area contributed by atoms with E-state index in [-0.39, 0.29) is 6.61 Å². The summed E-state index contributed by atoms with van der Waals surface area (Å²) < 4.78 is 25.3. The highest BCUT2D eigenvalue weighted by Crippen LogP contribution is 2.28. The van der Waals surface area contributed by atoms with E-state index in [1.165, 1.54) is 0 Å². The summed E-state index contributed by atoms with van der Waals surface area (Å²) in [7, 11) is 0. The van der Waals surface area contributed by atoms with Gasteiger partial charge in [0.15, 0.2) is 6.29 Å². The molecule has 40 heavy (non-hydrogen) atoms. The number of aliphatic hydroxyl groups is 1. The minimum atomic E-state index is -1.11. The van der Waals surface area contributed by atoms with Crippen LogP contribution in [-0.4, -0.2) is 42.4 Å². The lowest BCUT2D eigenvalue weighted by molar-refractivity contribution is -0.278. The second-order valence-electron chi connectivity index (χ2n) is 9.98. The Balaban J connectivity index is 1.36. The van der Waals surface area contributed by atoms with Crippen molar-refractivity contribution in [3.05, 3.63) is 144 Å². The van der Waals surface area contributed by atoms with Gasteiger partial charge in [-0.3, -0.25) is 0 Å². The first-order valence-electron chi connectivity index (χ1n) is 13.8. The van der Waals surface area contributed by atoms with Crippen molar-refractivity contribution in [2.45, 2.75) is 57.0 Å². The average molecular weight is 540 g/mol. The Labute approximate surface area is 236 Å². The Kier molecular flexibility index (Phi) is 10.5. The third kappa shape index (κ3) is 8.08. The quantitative estimate of drug-likeness (QED) is 0.242. The molecule has 4 aromatic rings. The Bertz CT molecular complexity index is 1240. The van der Waals surface area contributed by atoms with E-state index in [0.717, 1.165) is 22.3 Å². The van der Waals surface area contributed by atoms with E-state index in [1.807, 2.05) is 121 Å². The lowest BCUT2D eigenvalue weighted by Crippen LogP contribution is -2.64. The van der Waals surface area contributed by atoms with E-state index < -0.39 is 30.6 Å². The summed E-state index contributed by atoms with van der Waals surface area (Å²) in [6, 6.07) is 39.6. The summed E-state index contributed by atoms with van der Waals surface area (Å²) in [6.07, 6.45) is -2.62. The van der Waals surface area contributed by atoms with Gasteiger partial charge in [-0.2, -0.15) is 0 Å². The van der Waals surface area contributed by atoms with Crippen molar-refractivity contribution in [2.75, 3.05) is 6.61 Å². The van der Waals surface area contributed by atoms with E-state index in [4.69, 9.17) is 18.9 Å². The van der Waals surface area contributed by atoms with Crippen molar-refractivity contribution >= 4 is 0 Å². The van der Waals surface area contributed by atoms with Crippen LogP contribution in [0.25, 0.3) is 0 Å². The van der Waals surface area contributed by atoms with Crippen LogP contribution in [0.3, 0.4) is 0 Å². The number of aliphatic hydroxyl groups excluding tert-OH is 1. The minimum Gasteiger partial charge on any atom is -0.374 e. The number of benzene rings is 4. The van der Waals surface area contributed by atoms with Crippen LogP contribution in [0, 0.1) is 0 Å². The molecular weight excluding hydrogens is 502 g/mol. The van der Waals surface area contributed by atoms with Gasteiger partial charge in [0.25, 0.3) is 0 Å². The maximum absolute atomic E-state index is 11.2. The molecule has 0 aromatic heterocycles. The first-order valence-corrected chi connectivity index (χ1v) is 13.8. The monoisotopic (exact) mass is 539 g/mol. The zero-order valence-corrected chi connectivity index (χ0v) is 22.5. The van der Waals surface area contributed by atoms with Crippen LogP contribution >= 0.6 is 0 Å². The van der Waals surface area contributed by atoms with Gasteiger partial charge in [0.2, 0.25) is 0 Å². The predicted molar refractivity (Wildman–Crippen MR) is 154 cm³/mol. The lowest BCUT2D eigenvalue weighted by atomic mass is 9.95. The number of hydrogen-bond acceptors (Lipinski definition) is 6. The van der Waals surface area contributed by atoms with Crippen molar-refractivity contribution in [3.8, 4) is 0 Å². The van der Waals surface area contributed by atoms with Crippen molar-refractivity contribution in [3.63, 3.8) is 0 Å². The van der Waals surface area contributed by atoms with Crippen LogP contribution in [0.15, 0.2) is 121 Å². The van der Waals surface area contributed by atoms with E-state index >= 15 is 0 Å². The van der Waals surface area contributed by atoms with Gasteiger partial charge in [-0.15, -0.1) is 0 Å². The molecule has 208 valence electrons. The van der Waals surface area contributed by atoms with Gasteiger partial charge >= 0.3 is 0 Å². The molecule has 2 N–H and O–H groups in total. The van der Waals surface area contributed by atoms with Crippen LogP contribution in [0.1, 0.15) is 22.3 Å². The Morgan fingerprint density at radius 1 is 0.575 bits per heavy atom. The standard InChI is InChI=1S/C34H37NO5/c36-34-31(35-21-26-13-5-1-6-14-26)33(39-24-29-19-11-4-12-20-29)32(38-23-28-17-9-3-10-18-28)30(40-34)25-37-22-27-15-7-2-8-16-27/h1-20,30-36H,21-25H2/t30-,31-,32-,33-,34+/m1/s1. The normalized spacial score (nSPS) is 22.7. The van der Waals surface area contributed by atoms with Crippen molar-refractivity contribution in [1.29, 1.82) is 0 Å². The maximum atomic E-state index is 11.2. The molecule has 5 atom stereocenters. The molecule has 0 radical (unpaired) electrons. The molecule has 0 bridgehead atoms. The molecule has 1 saturated heterocycles. The topological polar surface area (TPSA) is 69.2 Å². The van der Waals surface area contributed by atoms with Gasteiger partial charge in [0.1, 0.15) is 18.3 Å². The largest absolute Gasteiger partial charge is 0.374 e. The van der Waals surface area contributed by atoms with Crippen LogP contribution in [0.5, 0.6) is 0 Å². The molecular formula is C34H37NO5. The summed E-state index contributed by atoms with van der Waals surface area (Å²) in [4.78, 5) is 0. The van der Waals surface area contributed by atoms with Gasteiger partial charge < -0.3 is 29.4 Å². The molecule has 0 aliphatic carbocycles. The summed E-state index contributed by atoms with van der Waals surface area (Å²) in [5.41, 5.74) is 4.27. The molecule has 0 saturated carbocycles. The number of hydrogen-bond donors (Lipinski definition) is 2. The molecule has 1 fully saturated rings. The van der Waals surface area contributed by atoms with E-state index in [2.05, 4.69) is 5.32 Å². The van der Waals surface area contributed by atoms with E-state index in [9.17, 15) is 5.11 Å². The third-order valence-electron chi connectivity index (χ3n) is 7.01. The van der Waals surface area contributed by atoms with Crippen LogP contribution < -0.4 is 5.32 Å². The van der Waals surface area contributed by atoms with Crippen molar-refractivity contribution in [2.24, 2.45) is 0 Å². The Morgan fingerprint density at radius 2 is 1.02 bits per heavy atom. The number of nitrogens with one attached hydrogen (secondary N) is 1. The van der Waals surface area contributed by atoms with Gasteiger partial charge in [-0.1, -0.05) is 121 Å². The summed E-state index contributed by atoms with van der Waals surface area (Å²) in [5.74, 6) is 0. The predicted octanol–water partition coefficient (Wildman–Crippen LogP) is 5.25. The summed E-state index contributed by atoms with van der Waals surface area (Å²) >= 11 is 0. The first kappa shape index (κ1) is 28.2. The molecule has 0 amide bonds. The Hall–Kier alpha value is -3.36. The molecule has 0 spiro atoms. The fourth-order valence-corrected chi connectivity index (χ4v) is 4.90. The summed E-state index contributed by atoms with van der Waals surface area (Å²) in [6.45, 7) is 2.01. The minimum absolute atomic E-state index is 0.252. The van der Waals surface area contributed by atoms with Gasteiger partial charge in [-0.25, -0.2) is 0 Å². The van der Waals surface area contributed by atoms with Crippen LogP contribution in [0.4, 0.5) is 0 Å². The number of rotatable bonds is 13. The Morgan fingerprint density at radius 3 is 1.55 bits per heavy atom. The highest BCUT2D eigenvalue weighted by Gasteiger charge is 2.47. The van der Waals surface area contributed by atoms with E-state index in [0.29, 0.717) is 26.4 Å². The number of ether oxygens (including phenoxy) is 4. The highest BCUT2D eigenvalue weighted by atomic mass is 16.7. The van der Waals surface area contributed by atoms with E-state index in [1.54, 1.807) is 0 Å². The van der Waals surface area contributed by atoms with Gasteiger partial charge in [0, 0.05) is 6.54 Å². The average Bonchev–Trinajstić information content (AvgIpc) is 3.01. The first-order chi connectivity index (χ1) is 19.8. The molecule has 4 aromatic carbocycles. The second kappa shape index (κ2) is 14.9. The molecule has 1 aliphatic rings. The smallest absolute Gasteiger partial charge is 0.173 e. The third-order valence-corrected chi connectivity index (χ3v) is 7.01. The van der Waals surface area contributed by atoms with Crippen molar-refractivity contribution < 1.29 is 24.1 Å². The van der Waals surface area contributed by atoms with Crippen LogP contribution in [0.2, 0.25) is 0 Å². The van der Waals surface area contributed by atoms with Crippen LogP contribution in [-0.2, 0) is 45.3 Å². The molecule has 6 nitrogen and oxygen atoms in total. The second-order valence-corrected chi connectivity index (χ2v) is 9.98. The fraction of sp³-hybridized carbons (Fsp3) is 0.294. The van der Waals surface area contributed by atoms with Gasteiger partial charge in [0.05, 0.1) is 32.5 Å². The molecule has 6 heteroatoms. The zero-order valence-electron chi connectivity index (χ0n) is 22.5.